The van der Waals surface area contributed by atoms with Crippen LogP contribution >= 0.6 is 0 Å². The van der Waals surface area contributed by atoms with Gasteiger partial charge in [-0.3, -0.25) is 4.79 Å². The number of aromatic nitrogens is 2. The van der Waals surface area contributed by atoms with Crippen molar-refractivity contribution in [2.45, 2.75) is 12.3 Å². The molecule has 5 nitrogen and oxygen atoms in total. The number of aliphatic hydroxyl groups is 1. The molecule has 0 fully saturated rings. The summed E-state index contributed by atoms with van der Waals surface area (Å²) in [6.07, 6.45) is -4.72. The fourth-order valence-corrected chi connectivity index (χ4v) is 1.57. The molecule has 21 heavy (non-hydrogen) atoms. The predicted molar refractivity (Wildman–Crippen MR) is 68.0 cm³/mol. The summed E-state index contributed by atoms with van der Waals surface area (Å²) in [5.41, 5.74) is 0.820. The zero-order valence-electron chi connectivity index (χ0n) is 10.7. The Kier molecular flexibility index (Phi) is 4.27. The van der Waals surface area contributed by atoms with Crippen LogP contribution in [-0.2, 0) is 0 Å². The lowest BCUT2D eigenvalue weighted by Gasteiger charge is -2.14. The van der Waals surface area contributed by atoms with Crippen molar-refractivity contribution < 1.29 is 23.1 Å². The van der Waals surface area contributed by atoms with E-state index in [-0.39, 0.29) is 5.56 Å². The second-order valence-corrected chi connectivity index (χ2v) is 4.28. The Balaban J connectivity index is 2.00. The number of alkyl halides is 3. The first kappa shape index (κ1) is 15.0. The molecular weight excluding hydrogens is 287 g/mol. The summed E-state index contributed by atoms with van der Waals surface area (Å²) in [7, 11) is 0. The Morgan fingerprint density at radius 3 is 2.62 bits per heavy atom. The van der Waals surface area contributed by atoms with Gasteiger partial charge in [-0.25, -0.2) is 4.68 Å². The van der Waals surface area contributed by atoms with Crippen molar-refractivity contribution >= 4 is 5.91 Å². The number of para-hydroxylation sites is 1. The van der Waals surface area contributed by atoms with E-state index in [0.29, 0.717) is 5.69 Å². The highest BCUT2D eigenvalue weighted by Crippen LogP contribution is 2.19. The summed E-state index contributed by atoms with van der Waals surface area (Å²) < 4.78 is 37.8. The zero-order chi connectivity index (χ0) is 15.5. The number of hydrogen-bond acceptors (Lipinski definition) is 3. The maximum atomic E-state index is 12.1. The van der Waals surface area contributed by atoms with Crippen molar-refractivity contribution in [1.29, 1.82) is 0 Å². The van der Waals surface area contributed by atoms with Gasteiger partial charge in [-0.1, -0.05) is 18.2 Å². The Hall–Kier alpha value is -2.35. The van der Waals surface area contributed by atoms with E-state index in [1.807, 2.05) is 11.4 Å². The molecule has 8 heteroatoms. The molecule has 0 aliphatic carbocycles. The van der Waals surface area contributed by atoms with Gasteiger partial charge in [0.2, 0.25) is 0 Å². The Morgan fingerprint density at radius 1 is 1.33 bits per heavy atom. The first-order valence-corrected chi connectivity index (χ1v) is 6.01. The predicted octanol–water partition coefficient (Wildman–Crippen LogP) is 1.53. The number of rotatable bonds is 4. The quantitative estimate of drug-likeness (QED) is 0.899. The van der Waals surface area contributed by atoms with Crippen LogP contribution in [-0.4, -0.2) is 39.6 Å². The summed E-state index contributed by atoms with van der Waals surface area (Å²) in [6, 6.07) is 8.93. The standard InChI is InChI=1S/C13H12F3N3O2/c14-13(15,16)11(20)7-17-12(21)9-6-18-19(8-9)10-4-2-1-3-5-10/h1-6,8,11,20H,7H2,(H,17,21). The molecule has 112 valence electrons. The number of nitrogens with one attached hydrogen (secondary N) is 1. The van der Waals surface area contributed by atoms with Gasteiger partial charge in [-0.15, -0.1) is 0 Å². The molecule has 1 heterocycles. The zero-order valence-corrected chi connectivity index (χ0v) is 10.7. The molecule has 1 unspecified atom stereocenters. The van der Waals surface area contributed by atoms with Crippen LogP contribution < -0.4 is 5.32 Å². The molecule has 2 N–H and O–H groups in total. The SMILES string of the molecule is O=C(NCC(O)C(F)(F)F)c1cnn(-c2ccccc2)c1. The lowest BCUT2D eigenvalue weighted by molar-refractivity contribution is -0.201. The van der Waals surface area contributed by atoms with Gasteiger partial charge in [0.15, 0.2) is 6.10 Å². The van der Waals surface area contributed by atoms with Gasteiger partial charge in [0.1, 0.15) is 0 Å². The third-order valence-corrected chi connectivity index (χ3v) is 2.70. The first-order valence-electron chi connectivity index (χ1n) is 6.01. The van der Waals surface area contributed by atoms with Crippen molar-refractivity contribution in [2.24, 2.45) is 0 Å². The molecule has 1 aromatic carbocycles. The van der Waals surface area contributed by atoms with Crippen LogP contribution in [0.2, 0.25) is 0 Å². The van der Waals surface area contributed by atoms with Crippen molar-refractivity contribution in [1.82, 2.24) is 15.1 Å². The molecule has 0 spiro atoms. The van der Waals surface area contributed by atoms with Crippen molar-refractivity contribution in [3.63, 3.8) is 0 Å². The molecule has 0 saturated heterocycles. The third-order valence-electron chi connectivity index (χ3n) is 2.70. The largest absolute Gasteiger partial charge is 0.416 e. The van der Waals surface area contributed by atoms with Crippen LogP contribution in [0.25, 0.3) is 5.69 Å². The van der Waals surface area contributed by atoms with E-state index in [1.165, 1.54) is 17.1 Å². The Labute approximate surface area is 118 Å². The van der Waals surface area contributed by atoms with Crippen LogP contribution in [0.15, 0.2) is 42.7 Å². The van der Waals surface area contributed by atoms with Gasteiger partial charge in [0, 0.05) is 6.20 Å². The minimum absolute atomic E-state index is 0.105. The van der Waals surface area contributed by atoms with Gasteiger partial charge in [-0.05, 0) is 12.1 Å². The lowest BCUT2D eigenvalue weighted by atomic mass is 10.3. The maximum Gasteiger partial charge on any atom is 0.416 e. The van der Waals surface area contributed by atoms with Gasteiger partial charge < -0.3 is 10.4 Å². The van der Waals surface area contributed by atoms with Crippen molar-refractivity contribution in [3.8, 4) is 5.69 Å². The Bertz CT molecular complexity index is 611. The average molecular weight is 299 g/mol. The van der Waals surface area contributed by atoms with Crippen molar-refractivity contribution in [3.05, 3.63) is 48.3 Å². The molecule has 2 rings (SSSR count). The van der Waals surface area contributed by atoms with E-state index in [1.54, 1.807) is 24.3 Å². The van der Waals surface area contributed by atoms with Crippen LogP contribution in [0.1, 0.15) is 10.4 Å². The molecule has 0 saturated carbocycles. The topological polar surface area (TPSA) is 67.2 Å². The van der Waals surface area contributed by atoms with Gasteiger partial charge in [-0.2, -0.15) is 18.3 Å². The number of halogens is 3. The second kappa shape index (κ2) is 5.96. The Morgan fingerprint density at radius 2 is 2.00 bits per heavy atom. The minimum atomic E-state index is -4.76. The third kappa shape index (κ3) is 3.82. The molecule has 2 aromatic rings. The molecule has 0 aliphatic heterocycles. The number of amides is 1. The second-order valence-electron chi connectivity index (χ2n) is 4.28. The van der Waals surface area contributed by atoms with E-state index in [4.69, 9.17) is 5.11 Å². The van der Waals surface area contributed by atoms with E-state index < -0.39 is 24.7 Å². The van der Waals surface area contributed by atoms with E-state index in [2.05, 4.69) is 5.10 Å². The highest BCUT2D eigenvalue weighted by molar-refractivity contribution is 5.93. The fourth-order valence-electron chi connectivity index (χ4n) is 1.57. The fraction of sp³-hybridized carbons (Fsp3) is 0.231. The normalized spacial score (nSPS) is 13.0. The molecule has 1 atom stereocenters. The van der Waals surface area contributed by atoms with Crippen LogP contribution in [0, 0.1) is 0 Å². The van der Waals surface area contributed by atoms with Crippen molar-refractivity contribution in [2.75, 3.05) is 6.54 Å². The molecular formula is C13H12F3N3O2. The summed E-state index contributed by atoms with van der Waals surface area (Å²) in [4.78, 5) is 11.7. The highest BCUT2D eigenvalue weighted by Gasteiger charge is 2.38. The molecule has 0 bridgehead atoms. The number of nitrogens with zero attached hydrogens (tertiary/aromatic N) is 2. The molecule has 1 amide bonds. The summed E-state index contributed by atoms with van der Waals surface area (Å²) in [6.45, 7) is -0.904. The number of hydrogen-bond donors (Lipinski definition) is 2. The maximum absolute atomic E-state index is 12.1. The number of carbonyl (C=O) groups excluding carboxylic acids is 1. The smallest absolute Gasteiger partial charge is 0.382 e. The first-order chi connectivity index (χ1) is 9.88. The van der Waals surface area contributed by atoms with E-state index in [0.717, 1.165) is 0 Å². The average Bonchev–Trinajstić information content (AvgIpc) is 2.94. The van der Waals surface area contributed by atoms with Gasteiger partial charge >= 0.3 is 6.18 Å². The molecule has 0 radical (unpaired) electrons. The van der Waals surface area contributed by atoms with E-state index in [9.17, 15) is 18.0 Å². The number of carbonyl (C=O) groups is 1. The highest BCUT2D eigenvalue weighted by atomic mass is 19.4. The van der Waals surface area contributed by atoms with Crippen LogP contribution in [0.3, 0.4) is 0 Å². The van der Waals surface area contributed by atoms with E-state index >= 15 is 0 Å². The summed E-state index contributed by atoms with van der Waals surface area (Å²) in [5.74, 6) is -0.736. The summed E-state index contributed by atoms with van der Waals surface area (Å²) >= 11 is 0. The summed E-state index contributed by atoms with van der Waals surface area (Å²) in [5, 5.41) is 14.8. The van der Waals surface area contributed by atoms with Gasteiger partial charge in [0.25, 0.3) is 5.91 Å². The minimum Gasteiger partial charge on any atom is -0.382 e. The molecule has 1 aromatic heterocycles. The van der Waals surface area contributed by atoms with Gasteiger partial charge in [0.05, 0.1) is 24.0 Å². The van der Waals surface area contributed by atoms with Crippen LogP contribution in [0.5, 0.6) is 0 Å². The van der Waals surface area contributed by atoms with Crippen LogP contribution in [0.4, 0.5) is 13.2 Å². The number of aliphatic hydroxyl groups excluding tert-OH is 1. The molecule has 0 aliphatic rings. The lowest BCUT2D eigenvalue weighted by Crippen LogP contribution is -2.40. The monoisotopic (exact) mass is 299 g/mol. The number of benzene rings is 1.